The Labute approximate surface area is 101 Å². The fourth-order valence-corrected chi connectivity index (χ4v) is 3.98. The number of hydrogen-bond donors (Lipinski definition) is 0. The monoisotopic (exact) mass is 326 g/mol. The Morgan fingerprint density at radius 2 is 1.73 bits per heavy atom. The summed E-state index contributed by atoms with van der Waals surface area (Å²) in [5, 5.41) is 0. The maximum absolute atomic E-state index is 11.6. The molecule has 3 nitrogen and oxygen atoms in total. The molecule has 4 heteroatoms. The molecule has 15 heavy (non-hydrogen) atoms. The fraction of sp³-hybridized carbons (Fsp3) is 0.909. The van der Waals surface area contributed by atoms with Crippen LogP contribution in [0, 0.1) is 5.92 Å². The van der Waals surface area contributed by atoms with E-state index in [0.717, 1.165) is 13.1 Å². The number of hydrogen-bond acceptors (Lipinski definition) is 3. The van der Waals surface area contributed by atoms with Crippen LogP contribution in [0.15, 0.2) is 0 Å². The zero-order chi connectivity index (χ0) is 11.4. The molecule has 1 aliphatic rings. The number of carbonyl (C=O) groups is 1. The molecule has 1 heterocycles. The van der Waals surface area contributed by atoms with Crippen molar-refractivity contribution < 1.29 is 4.79 Å². The van der Waals surface area contributed by atoms with Gasteiger partial charge in [0.1, 0.15) is 0 Å². The standard InChI is InChI=1S/C11H23IN2O/c1-10(2)11(15)9-13-5-7-14(8-6-13)12(3)4/h10H,5-9H2,1-4H3. The number of piperazine rings is 1. The molecule has 0 radical (unpaired) electrons. The molecular formula is C11H23IN2O. The molecule has 1 aliphatic heterocycles. The number of ketones is 1. The first-order valence-corrected chi connectivity index (χ1v) is 10.8. The molecule has 1 rings (SSSR count). The van der Waals surface area contributed by atoms with Crippen LogP contribution in [-0.4, -0.2) is 56.4 Å². The molecule has 0 aromatic carbocycles. The third-order valence-electron chi connectivity index (χ3n) is 2.82. The second-order valence-corrected chi connectivity index (χ2v) is 9.97. The molecule has 0 saturated carbocycles. The summed E-state index contributed by atoms with van der Waals surface area (Å²) in [6.07, 6.45) is 0. The summed E-state index contributed by atoms with van der Waals surface area (Å²) in [5.41, 5.74) is 0. The second-order valence-electron chi connectivity index (χ2n) is 4.52. The zero-order valence-electron chi connectivity index (χ0n) is 10.3. The van der Waals surface area contributed by atoms with E-state index in [1.165, 1.54) is 13.1 Å². The molecular weight excluding hydrogens is 303 g/mol. The second kappa shape index (κ2) is 6.15. The Bertz CT molecular complexity index is 211. The van der Waals surface area contributed by atoms with E-state index in [0.29, 0.717) is 12.3 Å². The summed E-state index contributed by atoms with van der Waals surface area (Å²) in [4.78, 5) is 18.7. The van der Waals surface area contributed by atoms with Gasteiger partial charge in [-0.05, 0) is 0 Å². The maximum atomic E-state index is 11.6. The minimum atomic E-state index is -0.772. The van der Waals surface area contributed by atoms with Crippen LogP contribution in [0.25, 0.3) is 0 Å². The predicted molar refractivity (Wildman–Crippen MR) is 73.7 cm³/mol. The van der Waals surface area contributed by atoms with Crippen LogP contribution < -0.4 is 0 Å². The van der Waals surface area contributed by atoms with Crippen LogP contribution >= 0.6 is 20.1 Å². The van der Waals surface area contributed by atoms with Crippen molar-refractivity contribution in [2.24, 2.45) is 5.92 Å². The molecule has 0 aromatic heterocycles. The minimum absolute atomic E-state index is 0.184. The molecule has 0 unspecified atom stereocenters. The van der Waals surface area contributed by atoms with E-state index in [9.17, 15) is 4.79 Å². The van der Waals surface area contributed by atoms with Crippen molar-refractivity contribution in [3.63, 3.8) is 0 Å². The predicted octanol–water partition coefficient (Wildman–Crippen LogP) is 1.51. The van der Waals surface area contributed by atoms with E-state index in [1.807, 2.05) is 13.8 Å². The van der Waals surface area contributed by atoms with Crippen LogP contribution in [-0.2, 0) is 4.79 Å². The van der Waals surface area contributed by atoms with Gasteiger partial charge in [0.15, 0.2) is 0 Å². The van der Waals surface area contributed by atoms with E-state index in [2.05, 4.69) is 17.9 Å². The van der Waals surface area contributed by atoms with E-state index in [1.54, 1.807) is 0 Å². The first-order chi connectivity index (χ1) is 7.00. The molecule has 90 valence electrons. The van der Waals surface area contributed by atoms with Gasteiger partial charge in [-0.15, -0.1) is 0 Å². The molecule has 0 aromatic rings. The van der Waals surface area contributed by atoms with Gasteiger partial charge in [0.2, 0.25) is 0 Å². The first-order valence-electron chi connectivity index (χ1n) is 5.51. The van der Waals surface area contributed by atoms with Crippen LogP contribution in [0.4, 0.5) is 0 Å². The van der Waals surface area contributed by atoms with Gasteiger partial charge in [-0.2, -0.15) is 0 Å². The average Bonchev–Trinajstić information content (AvgIpc) is 2.18. The Kier molecular flexibility index (Phi) is 5.49. The Balaban J connectivity index is 2.29. The molecule has 1 fully saturated rings. The summed E-state index contributed by atoms with van der Waals surface area (Å²) < 4.78 is 2.63. The van der Waals surface area contributed by atoms with Crippen molar-refractivity contribution in [1.82, 2.24) is 8.01 Å². The van der Waals surface area contributed by atoms with Crippen LogP contribution in [0.5, 0.6) is 0 Å². The van der Waals surface area contributed by atoms with Gasteiger partial charge >= 0.3 is 101 Å². The van der Waals surface area contributed by atoms with Gasteiger partial charge in [-0.3, -0.25) is 0 Å². The van der Waals surface area contributed by atoms with Gasteiger partial charge in [-0.25, -0.2) is 0 Å². The fourth-order valence-electron chi connectivity index (χ4n) is 1.62. The van der Waals surface area contributed by atoms with E-state index < -0.39 is 20.1 Å². The summed E-state index contributed by atoms with van der Waals surface area (Å²) >= 11 is -0.772. The van der Waals surface area contributed by atoms with Crippen molar-refractivity contribution in [3.8, 4) is 0 Å². The van der Waals surface area contributed by atoms with Gasteiger partial charge in [-0.1, -0.05) is 0 Å². The number of alkyl halides is 2. The third-order valence-corrected chi connectivity index (χ3v) is 6.51. The molecule has 0 atom stereocenters. The van der Waals surface area contributed by atoms with Crippen LogP contribution in [0.1, 0.15) is 13.8 Å². The van der Waals surface area contributed by atoms with Crippen molar-refractivity contribution in [2.75, 3.05) is 42.6 Å². The van der Waals surface area contributed by atoms with Crippen molar-refractivity contribution in [3.05, 3.63) is 0 Å². The molecule has 1 saturated heterocycles. The number of Topliss-reactive ketones (excluding diaryl/α,β-unsaturated/α-hetero) is 1. The molecule has 0 bridgehead atoms. The van der Waals surface area contributed by atoms with Crippen LogP contribution in [0.2, 0.25) is 0 Å². The quantitative estimate of drug-likeness (QED) is 0.445. The Morgan fingerprint density at radius 1 is 1.20 bits per heavy atom. The van der Waals surface area contributed by atoms with Gasteiger partial charge in [0, 0.05) is 0 Å². The summed E-state index contributed by atoms with van der Waals surface area (Å²) in [6.45, 7) is 9.13. The number of rotatable bonds is 4. The molecule has 0 N–H and O–H groups in total. The summed E-state index contributed by atoms with van der Waals surface area (Å²) in [5.74, 6) is 0.565. The summed E-state index contributed by atoms with van der Waals surface area (Å²) in [7, 11) is 0. The number of nitrogens with zero attached hydrogens (tertiary/aromatic N) is 2. The van der Waals surface area contributed by atoms with Crippen molar-refractivity contribution in [1.29, 1.82) is 0 Å². The van der Waals surface area contributed by atoms with Gasteiger partial charge in [0.25, 0.3) is 0 Å². The molecule has 0 aliphatic carbocycles. The number of halogens is 1. The Morgan fingerprint density at radius 3 is 2.13 bits per heavy atom. The van der Waals surface area contributed by atoms with Gasteiger partial charge in [0.05, 0.1) is 0 Å². The van der Waals surface area contributed by atoms with E-state index >= 15 is 0 Å². The summed E-state index contributed by atoms with van der Waals surface area (Å²) in [6, 6.07) is 0. The van der Waals surface area contributed by atoms with Crippen molar-refractivity contribution >= 4 is 25.9 Å². The van der Waals surface area contributed by atoms with Gasteiger partial charge < -0.3 is 0 Å². The normalized spacial score (nSPS) is 20.7. The SMILES string of the molecule is CC(C)C(=O)CN1CCN(I(C)C)CC1. The molecule has 0 amide bonds. The first kappa shape index (κ1) is 13.4. The van der Waals surface area contributed by atoms with Crippen LogP contribution in [0.3, 0.4) is 0 Å². The van der Waals surface area contributed by atoms with E-state index in [-0.39, 0.29) is 5.92 Å². The Hall–Kier alpha value is 0.320. The number of carbonyl (C=O) groups excluding carboxylic acids is 1. The average molecular weight is 326 g/mol. The zero-order valence-corrected chi connectivity index (χ0v) is 12.5. The third kappa shape index (κ3) is 4.36. The topological polar surface area (TPSA) is 23.6 Å². The van der Waals surface area contributed by atoms with Crippen molar-refractivity contribution in [2.45, 2.75) is 13.8 Å². The van der Waals surface area contributed by atoms with E-state index in [4.69, 9.17) is 0 Å². The molecule has 0 spiro atoms.